The van der Waals surface area contributed by atoms with Gasteiger partial charge in [-0.2, -0.15) is 0 Å². The first-order valence-electron chi connectivity index (χ1n) is 6.25. The summed E-state index contributed by atoms with van der Waals surface area (Å²) in [5, 5.41) is 0. The van der Waals surface area contributed by atoms with E-state index in [9.17, 15) is 0 Å². The van der Waals surface area contributed by atoms with Crippen LogP contribution in [0.15, 0.2) is 60.7 Å². The summed E-state index contributed by atoms with van der Waals surface area (Å²) < 4.78 is 11.3. The van der Waals surface area contributed by atoms with Gasteiger partial charge in [-0.15, -0.1) is 0 Å². The molecule has 0 N–H and O–H groups in total. The molecule has 1 fully saturated rings. The van der Waals surface area contributed by atoms with Gasteiger partial charge in [-0.1, -0.05) is 60.7 Å². The molecule has 92 valence electrons. The first-order chi connectivity index (χ1) is 8.93. The summed E-state index contributed by atoms with van der Waals surface area (Å²) in [6, 6.07) is 20.5. The van der Waals surface area contributed by atoms with E-state index in [0.29, 0.717) is 13.2 Å². The summed E-state index contributed by atoms with van der Waals surface area (Å²) in [5.74, 6) is 0. The summed E-state index contributed by atoms with van der Waals surface area (Å²) in [6.45, 7) is 1.32. The molecule has 0 amide bonds. The van der Waals surface area contributed by atoms with Crippen molar-refractivity contribution in [1.82, 2.24) is 0 Å². The zero-order chi connectivity index (χ0) is 12.2. The minimum absolute atomic E-state index is 0.219. The lowest BCUT2D eigenvalue weighted by molar-refractivity contribution is 0.104. The molecule has 0 aromatic heterocycles. The fourth-order valence-electron chi connectivity index (χ4n) is 2.07. The maximum atomic E-state index is 5.67. The molecule has 2 atom stereocenters. The zero-order valence-corrected chi connectivity index (χ0v) is 10.2. The lowest BCUT2D eigenvalue weighted by Crippen LogP contribution is -2.02. The quantitative estimate of drug-likeness (QED) is 0.748. The van der Waals surface area contributed by atoms with Crippen molar-refractivity contribution in [2.45, 2.75) is 18.8 Å². The number of hydrogen-bond acceptors (Lipinski definition) is 2. The van der Waals surface area contributed by atoms with E-state index in [-0.39, 0.29) is 12.2 Å². The van der Waals surface area contributed by atoms with Crippen LogP contribution in [0.5, 0.6) is 0 Å². The standard InChI is InChI=1S/C16H16O2/c1-3-7-13(8-4-1)11-17-12-15-16(18-15)14-9-5-2-6-10-14/h1-10,15-16H,11-12H2/t15-,16-/m0/s1. The third kappa shape index (κ3) is 2.78. The molecule has 0 spiro atoms. The van der Waals surface area contributed by atoms with Gasteiger partial charge in [0.25, 0.3) is 0 Å². The Hall–Kier alpha value is -1.64. The van der Waals surface area contributed by atoms with E-state index in [0.717, 1.165) is 0 Å². The normalized spacial score (nSPS) is 21.8. The van der Waals surface area contributed by atoms with Crippen molar-refractivity contribution in [3.8, 4) is 0 Å². The Morgan fingerprint density at radius 1 is 0.889 bits per heavy atom. The van der Waals surface area contributed by atoms with Gasteiger partial charge in [0.2, 0.25) is 0 Å². The summed E-state index contributed by atoms with van der Waals surface area (Å²) in [4.78, 5) is 0. The molecule has 0 unspecified atom stereocenters. The van der Waals surface area contributed by atoms with Crippen LogP contribution in [0.1, 0.15) is 17.2 Å². The number of rotatable bonds is 5. The van der Waals surface area contributed by atoms with Gasteiger partial charge in [0.15, 0.2) is 0 Å². The highest BCUT2D eigenvalue weighted by molar-refractivity contribution is 5.22. The number of ether oxygens (including phenoxy) is 2. The summed E-state index contributed by atoms with van der Waals surface area (Å²) in [6.07, 6.45) is 0.443. The van der Waals surface area contributed by atoms with E-state index < -0.39 is 0 Å². The van der Waals surface area contributed by atoms with E-state index in [1.807, 2.05) is 36.4 Å². The van der Waals surface area contributed by atoms with Crippen LogP contribution in [0.4, 0.5) is 0 Å². The minimum atomic E-state index is 0.219. The average Bonchev–Trinajstić information content (AvgIpc) is 3.21. The zero-order valence-electron chi connectivity index (χ0n) is 10.2. The number of epoxide rings is 1. The number of benzene rings is 2. The monoisotopic (exact) mass is 240 g/mol. The topological polar surface area (TPSA) is 21.8 Å². The highest BCUT2D eigenvalue weighted by Gasteiger charge is 2.39. The molecule has 18 heavy (non-hydrogen) atoms. The minimum Gasteiger partial charge on any atom is -0.374 e. The Morgan fingerprint density at radius 2 is 1.56 bits per heavy atom. The van der Waals surface area contributed by atoms with Crippen LogP contribution in [0, 0.1) is 0 Å². The molecule has 2 aromatic carbocycles. The second-order valence-electron chi connectivity index (χ2n) is 4.51. The molecule has 1 aliphatic rings. The SMILES string of the molecule is c1ccc(COC[C@@H]2O[C@H]2c2ccccc2)cc1. The van der Waals surface area contributed by atoms with Gasteiger partial charge in [-0.05, 0) is 11.1 Å². The van der Waals surface area contributed by atoms with Crippen molar-refractivity contribution >= 4 is 0 Å². The molecule has 1 saturated heterocycles. The fourth-order valence-corrected chi connectivity index (χ4v) is 2.07. The van der Waals surface area contributed by atoms with E-state index in [1.165, 1.54) is 11.1 Å². The largest absolute Gasteiger partial charge is 0.374 e. The van der Waals surface area contributed by atoms with E-state index in [1.54, 1.807) is 0 Å². The second-order valence-corrected chi connectivity index (χ2v) is 4.51. The molecule has 0 aliphatic carbocycles. The first-order valence-corrected chi connectivity index (χ1v) is 6.25. The molecular weight excluding hydrogens is 224 g/mol. The van der Waals surface area contributed by atoms with Crippen molar-refractivity contribution in [3.63, 3.8) is 0 Å². The molecular formula is C16H16O2. The molecule has 0 bridgehead atoms. The predicted octanol–water partition coefficient (Wildman–Crippen LogP) is 3.34. The Bertz CT molecular complexity index is 481. The molecule has 1 aliphatic heterocycles. The molecule has 2 aromatic rings. The third-order valence-electron chi connectivity index (χ3n) is 3.10. The van der Waals surface area contributed by atoms with Gasteiger partial charge in [-0.25, -0.2) is 0 Å². The summed E-state index contributed by atoms with van der Waals surface area (Å²) >= 11 is 0. The summed E-state index contributed by atoms with van der Waals surface area (Å²) in [5.41, 5.74) is 2.44. The predicted molar refractivity (Wildman–Crippen MR) is 70.2 cm³/mol. The van der Waals surface area contributed by atoms with Gasteiger partial charge in [0.1, 0.15) is 12.2 Å². The molecule has 2 heteroatoms. The van der Waals surface area contributed by atoms with Crippen LogP contribution < -0.4 is 0 Å². The maximum absolute atomic E-state index is 5.67. The van der Waals surface area contributed by atoms with Crippen molar-refractivity contribution in [3.05, 3.63) is 71.8 Å². The summed E-state index contributed by atoms with van der Waals surface area (Å²) in [7, 11) is 0. The van der Waals surface area contributed by atoms with Gasteiger partial charge in [0, 0.05) is 0 Å². The van der Waals surface area contributed by atoms with Crippen LogP contribution in [-0.2, 0) is 16.1 Å². The Labute approximate surface area is 107 Å². The van der Waals surface area contributed by atoms with Crippen LogP contribution >= 0.6 is 0 Å². The Morgan fingerprint density at radius 3 is 2.28 bits per heavy atom. The molecule has 1 heterocycles. The van der Waals surface area contributed by atoms with Crippen molar-refractivity contribution in [1.29, 1.82) is 0 Å². The van der Waals surface area contributed by atoms with Gasteiger partial charge in [-0.3, -0.25) is 0 Å². The van der Waals surface area contributed by atoms with Crippen molar-refractivity contribution in [2.75, 3.05) is 6.61 Å². The van der Waals surface area contributed by atoms with Crippen LogP contribution in [-0.4, -0.2) is 12.7 Å². The highest BCUT2D eigenvalue weighted by atomic mass is 16.6. The van der Waals surface area contributed by atoms with Crippen LogP contribution in [0.25, 0.3) is 0 Å². The van der Waals surface area contributed by atoms with Gasteiger partial charge >= 0.3 is 0 Å². The molecule has 3 rings (SSSR count). The molecule has 0 radical (unpaired) electrons. The molecule has 0 saturated carbocycles. The smallest absolute Gasteiger partial charge is 0.112 e. The van der Waals surface area contributed by atoms with Crippen molar-refractivity contribution in [2.24, 2.45) is 0 Å². The second kappa shape index (κ2) is 5.34. The van der Waals surface area contributed by atoms with Gasteiger partial charge in [0.05, 0.1) is 13.2 Å². The Kier molecular flexibility index (Phi) is 3.40. The molecule has 2 nitrogen and oxygen atoms in total. The first kappa shape index (κ1) is 11.5. The lowest BCUT2D eigenvalue weighted by Gasteiger charge is -2.01. The Balaban J connectivity index is 1.44. The fraction of sp³-hybridized carbons (Fsp3) is 0.250. The van der Waals surface area contributed by atoms with E-state index >= 15 is 0 Å². The van der Waals surface area contributed by atoms with Gasteiger partial charge < -0.3 is 9.47 Å². The average molecular weight is 240 g/mol. The maximum Gasteiger partial charge on any atom is 0.112 e. The van der Waals surface area contributed by atoms with Crippen molar-refractivity contribution < 1.29 is 9.47 Å². The number of hydrogen-bond donors (Lipinski definition) is 0. The highest BCUT2D eigenvalue weighted by Crippen LogP contribution is 2.38. The van der Waals surface area contributed by atoms with E-state index in [4.69, 9.17) is 9.47 Å². The third-order valence-corrected chi connectivity index (χ3v) is 3.10. The van der Waals surface area contributed by atoms with E-state index in [2.05, 4.69) is 24.3 Å². The lowest BCUT2D eigenvalue weighted by atomic mass is 10.1. The van der Waals surface area contributed by atoms with Crippen LogP contribution in [0.3, 0.4) is 0 Å². The van der Waals surface area contributed by atoms with Crippen LogP contribution in [0.2, 0.25) is 0 Å².